The predicted molar refractivity (Wildman–Crippen MR) is 126 cm³/mol. The number of aliphatic imine (C=N–C) groups is 1. The number of ether oxygens (including phenoxy) is 1. The number of hydrogen-bond acceptors (Lipinski definition) is 2. The van der Waals surface area contributed by atoms with Gasteiger partial charge < -0.3 is 4.74 Å². The van der Waals surface area contributed by atoms with Crippen molar-refractivity contribution in [3.05, 3.63) is 119 Å². The number of benzene rings is 4. The maximum absolute atomic E-state index is 6.00. The molecule has 0 bridgehead atoms. The van der Waals surface area contributed by atoms with Gasteiger partial charge in [0.2, 0.25) is 5.90 Å². The lowest BCUT2D eigenvalue weighted by atomic mass is 10.0. The Balaban J connectivity index is 1.42. The van der Waals surface area contributed by atoms with Crippen LogP contribution in [0, 0.1) is 0 Å². The zero-order valence-electron chi connectivity index (χ0n) is 16.7. The van der Waals surface area contributed by atoms with E-state index in [0.29, 0.717) is 6.61 Å². The lowest BCUT2D eigenvalue weighted by Gasteiger charge is -2.06. The lowest BCUT2D eigenvalue weighted by Crippen LogP contribution is -2.09. The Labute approximate surface area is 177 Å². The average Bonchev–Trinajstić information content (AvgIpc) is 3.27. The Kier molecular flexibility index (Phi) is 5.14. The van der Waals surface area contributed by atoms with Crippen molar-refractivity contribution in [2.24, 2.45) is 4.99 Å². The lowest BCUT2D eigenvalue weighted by molar-refractivity contribution is 0.317. The van der Waals surface area contributed by atoms with Crippen molar-refractivity contribution in [1.29, 1.82) is 0 Å². The highest BCUT2D eigenvalue weighted by atomic mass is 16.5. The number of nitrogens with zero attached hydrogens (tertiary/aromatic N) is 1. The van der Waals surface area contributed by atoms with Gasteiger partial charge in [-0.05, 0) is 39.9 Å². The van der Waals surface area contributed by atoms with Crippen LogP contribution in [0.2, 0.25) is 0 Å². The average molecular weight is 389 g/mol. The van der Waals surface area contributed by atoms with Gasteiger partial charge in [-0.25, -0.2) is 4.99 Å². The molecule has 4 aromatic carbocycles. The van der Waals surface area contributed by atoms with Crippen molar-refractivity contribution in [2.45, 2.75) is 12.5 Å². The second-order valence-electron chi connectivity index (χ2n) is 7.58. The van der Waals surface area contributed by atoms with Crippen molar-refractivity contribution in [3.8, 4) is 0 Å². The van der Waals surface area contributed by atoms with Gasteiger partial charge in [-0.3, -0.25) is 0 Å². The van der Waals surface area contributed by atoms with Gasteiger partial charge in [0.15, 0.2) is 0 Å². The van der Waals surface area contributed by atoms with E-state index in [9.17, 15) is 0 Å². The quantitative estimate of drug-likeness (QED) is 0.362. The summed E-state index contributed by atoms with van der Waals surface area (Å²) in [6.45, 7) is 0.631. The van der Waals surface area contributed by atoms with E-state index in [1.54, 1.807) is 0 Å². The molecule has 0 aromatic heterocycles. The van der Waals surface area contributed by atoms with E-state index >= 15 is 0 Å². The normalized spacial score (nSPS) is 16.0. The summed E-state index contributed by atoms with van der Waals surface area (Å²) in [7, 11) is 0. The summed E-state index contributed by atoms with van der Waals surface area (Å²) in [5.41, 5.74) is 4.66. The SMILES string of the molecule is C(=C\c1cccc2ccccc12)/c1ccccc1C1=N[C@@H](Cc2ccccc2)CO1. The molecule has 0 unspecified atom stereocenters. The Morgan fingerprint density at radius 2 is 1.43 bits per heavy atom. The van der Waals surface area contributed by atoms with E-state index in [1.165, 1.54) is 21.9 Å². The molecule has 2 heteroatoms. The summed E-state index contributed by atoms with van der Waals surface area (Å²) in [4.78, 5) is 4.88. The second-order valence-corrected chi connectivity index (χ2v) is 7.58. The summed E-state index contributed by atoms with van der Waals surface area (Å²) in [5.74, 6) is 0.745. The first kappa shape index (κ1) is 18.4. The summed E-state index contributed by atoms with van der Waals surface area (Å²) < 4.78 is 6.00. The summed E-state index contributed by atoms with van der Waals surface area (Å²) in [5, 5.41) is 2.51. The molecule has 1 aliphatic rings. The molecule has 0 N–H and O–H groups in total. The monoisotopic (exact) mass is 389 g/mol. The summed E-state index contributed by atoms with van der Waals surface area (Å²) in [6, 6.07) is 33.8. The van der Waals surface area contributed by atoms with Gasteiger partial charge in [-0.1, -0.05) is 103 Å². The number of hydrogen-bond donors (Lipinski definition) is 0. The van der Waals surface area contributed by atoms with Gasteiger partial charge in [0.1, 0.15) is 6.61 Å². The number of rotatable bonds is 5. The van der Waals surface area contributed by atoms with E-state index in [2.05, 4.69) is 97.1 Å². The van der Waals surface area contributed by atoms with E-state index in [1.807, 2.05) is 12.1 Å². The van der Waals surface area contributed by atoms with Crippen molar-refractivity contribution < 1.29 is 4.74 Å². The van der Waals surface area contributed by atoms with Crippen LogP contribution in [0.3, 0.4) is 0 Å². The number of fused-ring (bicyclic) bond motifs is 1. The van der Waals surface area contributed by atoms with Gasteiger partial charge >= 0.3 is 0 Å². The molecule has 5 rings (SSSR count). The third kappa shape index (κ3) is 3.90. The second kappa shape index (κ2) is 8.38. The van der Waals surface area contributed by atoms with Crippen LogP contribution in [-0.2, 0) is 11.2 Å². The van der Waals surface area contributed by atoms with Crippen LogP contribution in [0.15, 0.2) is 102 Å². The largest absolute Gasteiger partial charge is 0.475 e. The van der Waals surface area contributed by atoms with Crippen LogP contribution < -0.4 is 0 Å². The first-order valence-corrected chi connectivity index (χ1v) is 10.4. The van der Waals surface area contributed by atoms with E-state index in [-0.39, 0.29) is 6.04 Å². The van der Waals surface area contributed by atoms with E-state index in [0.717, 1.165) is 23.4 Å². The molecule has 1 atom stereocenters. The van der Waals surface area contributed by atoms with Crippen LogP contribution in [-0.4, -0.2) is 18.5 Å². The van der Waals surface area contributed by atoms with Gasteiger partial charge in [-0.15, -0.1) is 0 Å². The molecule has 0 saturated carbocycles. The molecule has 4 aromatic rings. The topological polar surface area (TPSA) is 21.6 Å². The molecule has 0 spiro atoms. The molecule has 2 nitrogen and oxygen atoms in total. The predicted octanol–water partition coefficient (Wildman–Crippen LogP) is 6.40. The highest BCUT2D eigenvalue weighted by molar-refractivity contribution is 6.00. The molecule has 1 aliphatic heterocycles. The molecular weight excluding hydrogens is 366 g/mol. The minimum absolute atomic E-state index is 0.164. The molecule has 0 radical (unpaired) electrons. The maximum Gasteiger partial charge on any atom is 0.217 e. The van der Waals surface area contributed by atoms with E-state index < -0.39 is 0 Å². The third-order valence-corrected chi connectivity index (χ3v) is 5.48. The minimum Gasteiger partial charge on any atom is -0.475 e. The molecule has 30 heavy (non-hydrogen) atoms. The van der Waals surface area contributed by atoms with Crippen LogP contribution in [0.25, 0.3) is 22.9 Å². The Morgan fingerprint density at radius 1 is 0.733 bits per heavy atom. The zero-order valence-corrected chi connectivity index (χ0v) is 16.7. The van der Waals surface area contributed by atoms with Crippen molar-refractivity contribution in [1.82, 2.24) is 0 Å². The third-order valence-electron chi connectivity index (χ3n) is 5.48. The van der Waals surface area contributed by atoms with Crippen molar-refractivity contribution >= 4 is 28.8 Å². The molecule has 0 aliphatic carbocycles. The Hall–Kier alpha value is -3.65. The van der Waals surface area contributed by atoms with Crippen LogP contribution in [0.1, 0.15) is 22.3 Å². The summed E-state index contributed by atoms with van der Waals surface area (Å²) >= 11 is 0. The molecule has 146 valence electrons. The fraction of sp³-hybridized carbons (Fsp3) is 0.107. The molecule has 0 fully saturated rings. The molecular formula is C28H23NO. The van der Waals surface area contributed by atoms with Crippen molar-refractivity contribution in [2.75, 3.05) is 6.61 Å². The van der Waals surface area contributed by atoms with Crippen molar-refractivity contribution in [3.63, 3.8) is 0 Å². The van der Waals surface area contributed by atoms with E-state index in [4.69, 9.17) is 9.73 Å². The Morgan fingerprint density at radius 3 is 2.37 bits per heavy atom. The molecule has 0 saturated heterocycles. The molecule has 1 heterocycles. The maximum atomic E-state index is 6.00. The van der Waals surface area contributed by atoms with Crippen LogP contribution >= 0.6 is 0 Å². The fourth-order valence-electron chi connectivity index (χ4n) is 3.97. The first-order chi connectivity index (χ1) is 14.9. The summed E-state index contributed by atoms with van der Waals surface area (Å²) in [6.07, 6.45) is 5.24. The zero-order chi connectivity index (χ0) is 20.2. The highest BCUT2D eigenvalue weighted by Gasteiger charge is 2.21. The highest BCUT2D eigenvalue weighted by Crippen LogP contribution is 2.23. The van der Waals surface area contributed by atoms with Gasteiger partial charge in [0.25, 0.3) is 0 Å². The van der Waals surface area contributed by atoms with Gasteiger partial charge in [0.05, 0.1) is 6.04 Å². The molecule has 0 amide bonds. The smallest absolute Gasteiger partial charge is 0.217 e. The minimum atomic E-state index is 0.164. The Bertz CT molecular complexity index is 1220. The van der Waals surface area contributed by atoms with Gasteiger partial charge in [0, 0.05) is 5.56 Å². The van der Waals surface area contributed by atoms with Crippen LogP contribution in [0.4, 0.5) is 0 Å². The van der Waals surface area contributed by atoms with Gasteiger partial charge in [-0.2, -0.15) is 0 Å². The fourth-order valence-corrected chi connectivity index (χ4v) is 3.97. The standard InChI is InChI=1S/C28H23NO/c1-2-9-21(10-3-1)19-25-20-30-28(29-25)27-16-7-5-12-24(27)18-17-23-14-8-13-22-11-4-6-15-26(22)23/h1-18,25H,19-20H2/b18-17+/t25-/m0/s1. The first-order valence-electron chi connectivity index (χ1n) is 10.4. The van der Waals surface area contributed by atoms with Crippen LogP contribution in [0.5, 0.6) is 0 Å².